The van der Waals surface area contributed by atoms with Crippen LogP contribution in [0.1, 0.15) is 43.2 Å². The Morgan fingerprint density at radius 1 is 0.917 bits per heavy atom. The van der Waals surface area contributed by atoms with Gasteiger partial charge in [0.1, 0.15) is 5.41 Å². The lowest BCUT2D eigenvalue weighted by atomic mass is 9.78. The third kappa shape index (κ3) is 4.22. The van der Waals surface area contributed by atoms with Crippen LogP contribution in [-0.2, 0) is 15.0 Å². The monoisotopic (exact) mass is 450 g/mol. The largest absolute Gasteiger partial charge is 0.285 e. The van der Waals surface area contributed by atoms with E-state index in [2.05, 4.69) is 50.9 Å². The zero-order chi connectivity index (χ0) is 17.6. The first-order valence-corrected chi connectivity index (χ1v) is 9.57. The van der Waals surface area contributed by atoms with Gasteiger partial charge < -0.3 is 0 Å². The molecule has 0 aromatic heterocycles. The smallest absolute Gasteiger partial charge is 0.216 e. The Kier molecular flexibility index (Phi) is 6.93. The average molecular weight is 452 g/mol. The molecule has 1 atom stereocenters. The van der Waals surface area contributed by atoms with Gasteiger partial charge in [-0.25, -0.2) is 0 Å². The van der Waals surface area contributed by atoms with Crippen LogP contribution in [0.2, 0.25) is 0 Å². The Bertz CT molecular complexity index is 669. The van der Waals surface area contributed by atoms with Crippen molar-refractivity contribution in [3.05, 3.63) is 71.8 Å². The van der Waals surface area contributed by atoms with Gasteiger partial charge in [0.2, 0.25) is 9.39 Å². The van der Waals surface area contributed by atoms with Crippen molar-refractivity contribution in [3.63, 3.8) is 0 Å². The normalized spacial score (nSPS) is 12.6. The molecule has 0 heterocycles. The molecule has 0 aliphatic rings. The minimum absolute atomic E-state index is 0.296. The van der Waals surface area contributed by atoms with E-state index in [1.165, 1.54) is 5.56 Å². The Morgan fingerprint density at radius 2 is 1.42 bits per heavy atom. The molecule has 4 heteroatoms. The molecule has 2 nitrogen and oxygen atoms in total. The fourth-order valence-electron chi connectivity index (χ4n) is 2.99. The van der Waals surface area contributed by atoms with Gasteiger partial charge in [-0.2, -0.15) is 0 Å². The standard InChI is InChI=1S/C20H20Br2O2/c1-15(16-10-4-2-5-11-16)9-8-14-20(18(21)23,19(22)24)17-12-6-3-7-13-17/h2-7,10-13,15H,8-9,14H2,1H3. The molecule has 0 saturated heterocycles. The van der Waals surface area contributed by atoms with Crippen LogP contribution < -0.4 is 0 Å². The molecule has 2 rings (SSSR count). The van der Waals surface area contributed by atoms with E-state index in [0.717, 1.165) is 18.4 Å². The van der Waals surface area contributed by atoms with Crippen molar-refractivity contribution in [2.75, 3.05) is 0 Å². The maximum Gasteiger partial charge on any atom is 0.216 e. The Hall–Kier alpha value is -1.26. The van der Waals surface area contributed by atoms with Gasteiger partial charge in [0.25, 0.3) is 0 Å². The van der Waals surface area contributed by atoms with Crippen molar-refractivity contribution < 1.29 is 9.59 Å². The van der Waals surface area contributed by atoms with Crippen molar-refractivity contribution >= 4 is 41.2 Å². The van der Waals surface area contributed by atoms with Crippen molar-refractivity contribution in [1.29, 1.82) is 0 Å². The van der Waals surface area contributed by atoms with Crippen LogP contribution in [0.5, 0.6) is 0 Å². The second-order valence-electron chi connectivity index (χ2n) is 6.02. The lowest BCUT2D eigenvalue weighted by Crippen LogP contribution is -2.38. The molecule has 0 saturated carbocycles. The summed E-state index contributed by atoms with van der Waals surface area (Å²) in [6, 6.07) is 19.5. The summed E-state index contributed by atoms with van der Waals surface area (Å²) >= 11 is 6.12. The molecule has 0 fully saturated rings. The second-order valence-corrected chi connectivity index (χ2v) is 7.46. The number of hydrogen-bond acceptors (Lipinski definition) is 2. The third-order valence-corrected chi connectivity index (χ3v) is 5.85. The highest BCUT2D eigenvalue weighted by Crippen LogP contribution is 2.37. The van der Waals surface area contributed by atoms with Crippen LogP contribution in [0.4, 0.5) is 0 Å². The minimum Gasteiger partial charge on any atom is -0.285 e. The first-order valence-electron chi connectivity index (χ1n) is 7.99. The predicted molar refractivity (Wildman–Crippen MR) is 105 cm³/mol. The number of halogens is 2. The number of carbonyl (C=O) groups excluding carboxylic acids is 2. The maximum absolute atomic E-state index is 12.3. The minimum atomic E-state index is -1.17. The highest BCUT2D eigenvalue weighted by Gasteiger charge is 2.44. The molecule has 0 amide bonds. The summed E-state index contributed by atoms with van der Waals surface area (Å²) in [7, 11) is 0. The van der Waals surface area contributed by atoms with Gasteiger partial charge in [0.15, 0.2) is 0 Å². The number of carbonyl (C=O) groups is 2. The molecule has 126 valence electrons. The lowest BCUT2D eigenvalue weighted by molar-refractivity contribution is -0.125. The lowest BCUT2D eigenvalue weighted by Gasteiger charge is -2.27. The number of hydrogen-bond donors (Lipinski definition) is 0. The van der Waals surface area contributed by atoms with Gasteiger partial charge in [0, 0.05) is 0 Å². The SMILES string of the molecule is CC(CCCC(C(=O)Br)(C(=O)Br)c1ccccc1)c1ccccc1. The molecular weight excluding hydrogens is 432 g/mol. The molecule has 0 aliphatic carbocycles. The van der Waals surface area contributed by atoms with Crippen LogP contribution in [-0.4, -0.2) is 9.39 Å². The van der Waals surface area contributed by atoms with Crippen molar-refractivity contribution in [2.24, 2.45) is 0 Å². The quantitative estimate of drug-likeness (QED) is 0.378. The third-order valence-electron chi connectivity index (χ3n) is 4.50. The van der Waals surface area contributed by atoms with Crippen LogP contribution in [0.3, 0.4) is 0 Å². The molecule has 0 aliphatic heterocycles. The highest BCUT2D eigenvalue weighted by molar-refractivity contribution is 9.19. The van der Waals surface area contributed by atoms with Gasteiger partial charge in [-0.05, 0) is 61.7 Å². The fourth-order valence-corrected chi connectivity index (χ4v) is 4.47. The molecule has 0 N–H and O–H groups in total. The van der Waals surface area contributed by atoms with Gasteiger partial charge in [-0.3, -0.25) is 9.59 Å². The second kappa shape index (κ2) is 8.72. The van der Waals surface area contributed by atoms with Crippen LogP contribution in [0.25, 0.3) is 0 Å². The highest BCUT2D eigenvalue weighted by atomic mass is 79.9. The van der Waals surface area contributed by atoms with E-state index in [1.807, 2.05) is 48.5 Å². The maximum atomic E-state index is 12.3. The van der Waals surface area contributed by atoms with E-state index >= 15 is 0 Å². The Labute approximate surface area is 159 Å². The van der Waals surface area contributed by atoms with Crippen LogP contribution in [0, 0.1) is 0 Å². The Morgan fingerprint density at radius 3 is 1.92 bits per heavy atom. The van der Waals surface area contributed by atoms with Gasteiger partial charge in [-0.15, -0.1) is 0 Å². The molecule has 0 radical (unpaired) electrons. The van der Waals surface area contributed by atoms with E-state index in [4.69, 9.17) is 0 Å². The van der Waals surface area contributed by atoms with Gasteiger partial charge >= 0.3 is 0 Å². The number of rotatable bonds is 8. The summed E-state index contributed by atoms with van der Waals surface area (Å²) in [5, 5.41) is 0. The molecule has 0 bridgehead atoms. The van der Waals surface area contributed by atoms with Gasteiger partial charge in [-0.1, -0.05) is 74.0 Å². The average Bonchev–Trinajstić information content (AvgIpc) is 2.59. The van der Waals surface area contributed by atoms with Crippen molar-refractivity contribution in [2.45, 2.75) is 37.5 Å². The topological polar surface area (TPSA) is 34.1 Å². The Balaban J connectivity index is 2.15. The molecule has 1 unspecified atom stereocenters. The zero-order valence-electron chi connectivity index (χ0n) is 13.5. The fraction of sp³-hybridized carbons (Fsp3) is 0.300. The molecule has 2 aromatic carbocycles. The zero-order valence-corrected chi connectivity index (χ0v) is 16.7. The molecule has 2 aromatic rings. The van der Waals surface area contributed by atoms with Crippen molar-refractivity contribution in [1.82, 2.24) is 0 Å². The van der Waals surface area contributed by atoms with Gasteiger partial charge in [0.05, 0.1) is 0 Å². The van der Waals surface area contributed by atoms with E-state index in [-0.39, 0.29) is 9.39 Å². The first kappa shape index (κ1) is 19.1. The predicted octanol–water partition coefficient (Wildman–Crippen LogP) is 5.74. The summed E-state index contributed by atoms with van der Waals surface area (Å²) in [6.45, 7) is 2.17. The molecule has 24 heavy (non-hydrogen) atoms. The summed E-state index contributed by atoms with van der Waals surface area (Å²) < 4.78 is -0.592. The van der Waals surface area contributed by atoms with E-state index < -0.39 is 5.41 Å². The summed E-state index contributed by atoms with van der Waals surface area (Å²) in [6.07, 6.45) is 2.17. The van der Waals surface area contributed by atoms with E-state index in [9.17, 15) is 9.59 Å². The molecular formula is C20H20Br2O2. The van der Waals surface area contributed by atoms with Crippen molar-refractivity contribution in [3.8, 4) is 0 Å². The summed E-state index contributed by atoms with van der Waals surface area (Å²) in [5.74, 6) is 0.385. The van der Waals surface area contributed by atoms with Crippen LogP contribution >= 0.6 is 31.9 Å². The number of benzene rings is 2. The van der Waals surface area contributed by atoms with Crippen LogP contribution in [0.15, 0.2) is 60.7 Å². The summed E-state index contributed by atoms with van der Waals surface area (Å²) in [4.78, 5) is 24.6. The summed E-state index contributed by atoms with van der Waals surface area (Å²) in [5.41, 5.74) is 0.830. The molecule has 0 spiro atoms. The van der Waals surface area contributed by atoms with E-state index in [0.29, 0.717) is 12.3 Å². The first-order chi connectivity index (χ1) is 11.5. The van der Waals surface area contributed by atoms with E-state index in [1.54, 1.807) is 0 Å².